The number of phenolic OH excluding ortho intramolecular Hbond substituents is 1. The van der Waals surface area contributed by atoms with Crippen molar-refractivity contribution in [2.45, 2.75) is 25.2 Å². The van der Waals surface area contributed by atoms with E-state index >= 15 is 0 Å². The number of carbonyl (C=O) groups is 1. The Morgan fingerprint density at radius 1 is 1.03 bits per heavy atom. The Bertz CT molecular complexity index is 1030. The molecule has 3 aliphatic rings. The van der Waals surface area contributed by atoms with Gasteiger partial charge < -0.3 is 29.4 Å². The number of nitrogens with one attached hydrogen (secondary N) is 1. The van der Waals surface area contributed by atoms with Crippen LogP contribution in [0.4, 0.5) is 5.69 Å². The number of rotatable bonds is 3. The molecule has 0 saturated carbocycles. The zero-order valence-corrected chi connectivity index (χ0v) is 16.2. The number of methoxy groups -OCH3 is 2. The summed E-state index contributed by atoms with van der Waals surface area (Å²) >= 11 is 0. The maximum atomic E-state index is 13.0. The Hall–Kier alpha value is -3.35. The van der Waals surface area contributed by atoms with E-state index in [0.29, 0.717) is 29.4 Å². The predicted octanol–water partition coefficient (Wildman–Crippen LogP) is 3.70. The molecular formula is C22H21NO6. The van der Waals surface area contributed by atoms with Crippen LogP contribution < -0.4 is 24.3 Å². The van der Waals surface area contributed by atoms with Gasteiger partial charge in [0.25, 0.3) is 0 Å². The van der Waals surface area contributed by atoms with Crippen LogP contribution in [0.15, 0.2) is 35.5 Å². The smallest absolute Gasteiger partial charge is 0.231 e. The largest absolute Gasteiger partial charge is 0.502 e. The third-order valence-electron chi connectivity index (χ3n) is 5.72. The fraction of sp³-hybridized carbons (Fsp3) is 0.318. The highest BCUT2D eigenvalue weighted by Gasteiger charge is 2.37. The van der Waals surface area contributed by atoms with E-state index in [1.165, 1.54) is 14.2 Å². The van der Waals surface area contributed by atoms with Gasteiger partial charge in [0, 0.05) is 35.4 Å². The van der Waals surface area contributed by atoms with Crippen LogP contribution in [-0.2, 0) is 4.79 Å². The molecule has 150 valence electrons. The lowest BCUT2D eigenvalue weighted by Gasteiger charge is -2.34. The highest BCUT2D eigenvalue weighted by Crippen LogP contribution is 2.51. The van der Waals surface area contributed by atoms with E-state index in [2.05, 4.69) is 5.32 Å². The van der Waals surface area contributed by atoms with Gasteiger partial charge in [0.2, 0.25) is 12.5 Å². The number of phenols is 1. The van der Waals surface area contributed by atoms with Crippen LogP contribution in [0.1, 0.15) is 36.3 Å². The molecule has 2 heterocycles. The van der Waals surface area contributed by atoms with Crippen molar-refractivity contribution in [1.29, 1.82) is 0 Å². The Morgan fingerprint density at radius 2 is 1.72 bits per heavy atom. The van der Waals surface area contributed by atoms with E-state index in [9.17, 15) is 9.90 Å². The summed E-state index contributed by atoms with van der Waals surface area (Å²) < 4.78 is 21.8. The molecule has 7 nitrogen and oxygen atoms in total. The molecule has 0 fully saturated rings. The van der Waals surface area contributed by atoms with Crippen LogP contribution in [-0.4, -0.2) is 31.9 Å². The van der Waals surface area contributed by atoms with E-state index in [-0.39, 0.29) is 24.2 Å². The molecule has 0 radical (unpaired) electrons. The van der Waals surface area contributed by atoms with E-state index in [1.54, 1.807) is 12.1 Å². The summed E-state index contributed by atoms with van der Waals surface area (Å²) in [7, 11) is 2.98. The summed E-state index contributed by atoms with van der Waals surface area (Å²) in [5.74, 6) is 1.66. The molecule has 7 heteroatoms. The van der Waals surface area contributed by atoms with Crippen molar-refractivity contribution in [3.63, 3.8) is 0 Å². The first-order valence-electron chi connectivity index (χ1n) is 9.52. The zero-order chi connectivity index (χ0) is 20.1. The van der Waals surface area contributed by atoms with E-state index in [1.807, 2.05) is 12.1 Å². The molecule has 1 atom stereocenters. The minimum atomic E-state index is -0.327. The lowest BCUT2D eigenvalue weighted by molar-refractivity contribution is -0.116. The fourth-order valence-electron chi connectivity index (χ4n) is 4.38. The van der Waals surface area contributed by atoms with Gasteiger partial charge in [-0.05, 0) is 42.2 Å². The first-order valence-corrected chi connectivity index (χ1v) is 9.52. The van der Waals surface area contributed by atoms with Crippen molar-refractivity contribution in [2.75, 3.05) is 26.3 Å². The molecule has 0 spiro atoms. The molecule has 0 saturated heterocycles. The quantitative estimate of drug-likeness (QED) is 0.819. The highest BCUT2D eigenvalue weighted by atomic mass is 16.7. The third kappa shape index (κ3) is 2.68. The molecule has 2 aromatic carbocycles. The molecule has 29 heavy (non-hydrogen) atoms. The van der Waals surface area contributed by atoms with Crippen molar-refractivity contribution < 1.29 is 28.8 Å². The lowest BCUT2D eigenvalue weighted by Crippen LogP contribution is -2.26. The van der Waals surface area contributed by atoms with Crippen molar-refractivity contribution in [2.24, 2.45) is 0 Å². The topological polar surface area (TPSA) is 86.3 Å². The lowest BCUT2D eigenvalue weighted by atomic mass is 9.75. The van der Waals surface area contributed by atoms with Gasteiger partial charge in [-0.3, -0.25) is 4.79 Å². The second kappa shape index (κ2) is 6.62. The Labute approximate surface area is 167 Å². The number of ketones is 1. The molecule has 2 N–H and O–H groups in total. The molecule has 0 aromatic heterocycles. The van der Waals surface area contributed by atoms with E-state index in [4.69, 9.17) is 18.9 Å². The van der Waals surface area contributed by atoms with Crippen molar-refractivity contribution in [1.82, 2.24) is 0 Å². The molecule has 5 rings (SSSR count). The molecule has 2 aromatic rings. The first-order chi connectivity index (χ1) is 14.1. The van der Waals surface area contributed by atoms with Gasteiger partial charge in [-0.15, -0.1) is 0 Å². The standard InChI is InChI=1S/C22H21NO6/c1-26-18-6-11(7-19(27-2)22(18)25)20-12-8-16-17(29-10-28-16)9-14(12)23-13-4-3-5-15(24)21(13)20/h6-9,20,23,25H,3-5,10H2,1-2H3/t20-/m1/s1. The number of anilines is 1. The van der Waals surface area contributed by atoms with Gasteiger partial charge in [-0.2, -0.15) is 0 Å². The van der Waals surface area contributed by atoms with Crippen molar-refractivity contribution in [3.05, 3.63) is 46.7 Å². The SMILES string of the molecule is COc1cc([C@H]2C3=C(CCCC3=O)Nc3cc4c(cc32)OCO4)cc(OC)c1O. The zero-order valence-electron chi connectivity index (χ0n) is 16.2. The van der Waals surface area contributed by atoms with Crippen LogP contribution in [0.3, 0.4) is 0 Å². The summed E-state index contributed by atoms with van der Waals surface area (Å²) in [6.07, 6.45) is 2.14. The molecular weight excluding hydrogens is 374 g/mol. The van der Waals surface area contributed by atoms with Crippen LogP contribution >= 0.6 is 0 Å². The Kier molecular flexibility index (Phi) is 4.04. The second-order valence-corrected chi connectivity index (χ2v) is 7.29. The van der Waals surface area contributed by atoms with Crippen molar-refractivity contribution >= 4 is 11.5 Å². The molecule has 2 aliphatic heterocycles. The molecule has 1 aliphatic carbocycles. The maximum absolute atomic E-state index is 13.0. The van der Waals surface area contributed by atoms with E-state index in [0.717, 1.165) is 40.9 Å². The molecule has 0 bridgehead atoms. The van der Waals surface area contributed by atoms with Gasteiger partial charge >= 0.3 is 0 Å². The first kappa shape index (κ1) is 17.7. The highest BCUT2D eigenvalue weighted by molar-refractivity contribution is 6.01. The van der Waals surface area contributed by atoms with Gasteiger partial charge in [-0.1, -0.05) is 0 Å². The minimum Gasteiger partial charge on any atom is -0.502 e. The van der Waals surface area contributed by atoms with Crippen LogP contribution in [0, 0.1) is 0 Å². The summed E-state index contributed by atoms with van der Waals surface area (Å²) in [6.45, 7) is 0.176. The molecule has 0 unspecified atom stereocenters. The van der Waals surface area contributed by atoms with Crippen LogP contribution in [0.5, 0.6) is 28.7 Å². The number of fused-ring (bicyclic) bond motifs is 2. The summed E-state index contributed by atoms with van der Waals surface area (Å²) in [5.41, 5.74) is 4.29. The number of Topliss-reactive ketones (excluding diaryl/α,β-unsaturated/α-hetero) is 1. The number of hydrogen-bond acceptors (Lipinski definition) is 7. The average molecular weight is 395 g/mol. The van der Waals surface area contributed by atoms with Crippen molar-refractivity contribution in [3.8, 4) is 28.7 Å². The second-order valence-electron chi connectivity index (χ2n) is 7.29. The summed E-state index contributed by atoms with van der Waals surface area (Å²) in [6, 6.07) is 7.36. The van der Waals surface area contributed by atoms with Gasteiger partial charge in [-0.25, -0.2) is 0 Å². The van der Waals surface area contributed by atoms with Crippen LogP contribution in [0.2, 0.25) is 0 Å². The fourth-order valence-corrected chi connectivity index (χ4v) is 4.38. The van der Waals surface area contributed by atoms with Gasteiger partial charge in [0.15, 0.2) is 28.8 Å². The minimum absolute atomic E-state index is 0.0669. The number of ether oxygens (including phenoxy) is 4. The number of hydrogen-bond donors (Lipinski definition) is 2. The number of benzene rings is 2. The molecule has 0 amide bonds. The van der Waals surface area contributed by atoms with Gasteiger partial charge in [0.05, 0.1) is 14.2 Å². The average Bonchev–Trinajstić information content (AvgIpc) is 3.18. The normalized spacial score (nSPS) is 19.4. The number of allylic oxidation sites excluding steroid dienone is 2. The monoisotopic (exact) mass is 395 g/mol. The summed E-state index contributed by atoms with van der Waals surface area (Å²) in [4.78, 5) is 13.0. The Morgan fingerprint density at radius 3 is 2.41 bits per heavy atom. The van der Waals surface area contributed by atoms with Gasteiger partial charge in [0.1, 0.15) is 0 Å². The maximum Gasteiger partial charge on any atom is 0.231 e. The van der Waals surface area contributed by atoms with E-state index < -0.39 is 0 Å². The number of aromatic hydroxyl groups is 1. The third-order valence-corrected chi connectivity index (χ3v) is 5.72. The summed E-state index contributed by atoms with van der Waals surface area (Å²) in [5, 5.41) is 13.8. The predicted molar refractivity (Wildman–Crippen MR) is 105 cm³/mol. The van der Waals surface area contributed by atoms with Crippen LogP contribution in [0.25, 0.3) is 0 Å². The Balaban J connectivity index is 1.75. The number of carbonyl (C=O) groups excluding carboxylic acids is 1.